The summed E-state index contributed by atoms with van der Waals surface area (Å²) >= 11 is 0. The second-order valence-corrected chi connectivity index (χ2v) is 5.84. The Morgan fingerprint density at radius 3 is 1.76 bits per heavy atom. The Labute approximate surface area is 106 Å². The maximum Gasteiger partial charge on any atom is 0.474 e. The third kappa shape index (κ3) is 9.78. The average Bonchev–Trinajstić information content (AvgIpc) is 2.34. The summed E-state index contributed by atoms with van der Waals surface area (Å²) in [4.78, 5) is 0. The lowest BCUT2D eigenvalue weighted by molar-refractivity contribution is 0.127. The first-order valence-corrected chi connectivity index (χ1v) is 8.09. The zero-order chi connectivity index (χ0) is 13.0. The van der Waals surface area contributed by atoms with Gasteiger partial charge >= 0.3 is 7.82 Å². The lowest BCUT2D eigenvalue weighted by atomic mass is 10.2. The number of unbranched alkanes of at least 4 members (excludes halogenated alkanes) is 5. The second-order valence-electron chi connectivity index (χ2n) is 4.06. The van der Waals surface area contributed by atoms with Gasteiger partial charge in [-0.3, -0.25) is 13.6 Å². The number of phosphoric ester groups is 1. The summed E-state index contributed by atoms with van der Waals surface area (Å²) in [5, 5.41) is 0. The minimum atomic E-state index is -3.29. The minimum absolute atomic E-state index is 0.438. The molecule has 0 saturated heterocycles. The van der Waals surface area contributed by atoms with E-state index in [4.69, 9.17) is 13.6 Å². The topological polar surface area (TPSA) is 44.8 Å². The van der Waals surface area contributed by atoms with Crippen molar-refractivity contribution in [3.05, 3.63) is 0 Å². The summed E-state index contributed by atoms with van der Waals surface area (Å²) in [5.74, 6) is 0. The smallest absolute Gasteiger partial charge is 0.290 e. The molecule has 0 amide bonds. The van der Waals surface area contributed by atoms with Crippen molar-refractivity contribution in [2.45, 2.75) is 58.8 Å². The molecular formula is C12H27O4P. The van der Waals surface area contributed by atoms with Gasteiger partial charge in [0.2, 0.25) is 0 Å². The standard InChI is InChI=1S/C12H27O4P/c1-4-6-8-10-12-16-17(13,14-3)15-11-9-7-5-2/h4-12H2,1-3H3. The predicted octanol–water partition coefficient (Wildman–Crippen LogP) is 4.54. The average molecular weight is 266 g/mol. The van der Waals surface area contributed by atoms with Crippen LogP contribution in [-0.2, 0) is 18.1 Å². The largest absolute Gasteiger partial charge is 0.474 e. The third-order valence-corrected chi connectivity index (χ3v) is 3.91. The van der Waals surface area contributed by atoms with Crippen LogP contribution in [0.25, 0.3) is 0 Å². The van der Waals surface area contributed by atoms with Crippen LogP contribution in [-0.4, -0.2) is 20.3 Å². The molecule has 0 radical (unpaired) electrons. The molecule has 0 heterocycles. The zero-order valence-electron chi connectivity index (χ0n) is 11.4. The molecule has 0 saturated carbocycles. The molecule has 0 N–H and O–H groups in total. The predicted molar refractivity (Wildman–Crippen MR) is 70.2 cm³/mol. The monoisotopic (exact) mass is 266 g/mol. The van der Waals surface area contributed by atoms with Crippen LogP contribution in [0.4, 0.5) is 0 Å². The summed E-state index contributed by atoms with van der Waals surface area (Å²) in [7, 11) is -1.92. The maximum atomic E-state index is 11.9. The highest BCUT2D eigenvalue weighted by Gasteiger charge is 2.23. The van der Waals surface area contributed by atoms with Crippen LogP contribution in [0, 0.1) is 0 Å². The molecule has 1 unspecified atom stereocenters. The van der Waals surface area contributed by atoms with Crippen molar-refractivity contribution in [2.75, 3.05) is 20.3 Å². The fourth-order valence-electron chi connectivity index (χ4n) is 1.38. The molecule has 0 bridgehead atoms. The molecule has 0 aromatic rings. The van der Waals surface area contributed by atoms with Crippen molar-refractivity contribution in [2.24, 2.45) is 0 Å². The lowest BCUT2D eigenvalue weighted by Gasteiger charge is -2.15. The first kappa shape index (κ1) is 17.1. The summed E-state index contributed by atoms with van der Waals surface area (Å²) in [6.45, 7) is 5.14. The van der Waals surface area contributed by atoms with Gasteiger partial charge in [-0.2, -0.15) is 0 Å². The molecule has 4 nitrogen and oxygen atoms in total. The molecule has 0 rings (SSSR count). The van der Waals surface area contributed by atoms with E-state index >= 15 is 0 Å². The van der Waals surface area contributed by atoms with E-state index in [0.29, 0.717) is 13.2 Å². The highest BCUT2D eigenvalue weighted by Crippen LogP contribution is 2.48. The first-order chi connectivity index (χ1) is 8.18. The molecule has 0 aliphatic carbocycles. The summed E-state index contributed by atoms with van der Waals surface area (Å²) < 4.78 is 27.2. The van der Waals surface area contributed by atoms with Crippen molar-refractivity contribution >= 4 is 7.82 Å². The third-order valence-electron chi connectivity index (χ3n) is 2.47. The Hall–Kier alpha value is 0.110. The van der Waals surface area contributed by atoms with Gasteiger partial charge < -0.3 is 0 Å². The Kier molecular flexibility index (Phi) is 11.3. The minimum Gasteiger partial charge on any atom is -0.290 e. The molecule has 1 atom stereocenters. The fraction of sp³-hybridized carbons (Fsp3) is 1.00. The van der Waals surface area contributed by atoms with Crippen LogP contribution < -0.4 is 0 Å². The number of phosphoric acid groups is 1. The summed E-state index contributed by atoms with van der Waals surface area (Å²) in [6.07, 6.45) is 7.42. The van der Waals surface area contributed by atoms with Crippen LogP contribution in [0.2, 0.25) is 0 Å². The van der Waals surface area contributed by atoms with Crippen molar-refractivity contribution < 1.29 is 18.1 Å². The Balaban J connectivity index is 3.66. The normalized spacial score (nSPS) is 14.8. The van der Waals surface area contributed by atoms with Crippen molar-refractivity contribution in [3.8, 4) is 0 Å². The van der Waals surface area contributed by atoms with E-state index in [-0.39, 0.29) is 0 Å². The Morgan fingerprint density at radius 1 is 0.824 bits per heavy atom. The molecule has 0 spiro atoms. The van der Waals surface area contributed by atoms with Gasteiger partial charge in [0.1, 0.15) is 0 Å². The van der Waals surface area contributed by atoms with Crippen molar-refractivity contribution in [3.63, 3.8) is 0 Å². The molecular weight excluding hydrogens is 239 g/mol. The fourth-order valence-corrected chi connectivity index (χ4v) is 2.37. The SMILES string of the molecule is CCCCCCOP(=O)(OC)OCCCCC. The van der Waals surface area contributed by atoms with Crippen LogP contribution in [0.15, 0.2) is 0 Å². The molecule has 0 fully saturated rings. The van der Waals surface area contributed by atoms with Crippen LogP contribution in [0.5, 0.6) is 0 Å². The zero-order valence-corrected chi connectivity index (χ0v) is 12.3. The molecule has 0 aliphatic rings. The first-order valence-electron chi connectivity index (χ1n) is 6.63. The number of hydrogen-bond donors (Lipinski definition) is 0. The van der Waals surface area contributed by atoms with E-state index in [2.05, 4.69) is 13.8 Å². The van der Waals surface area contributed by atoms with Gasteiger partial charge in [-0.1, -0.05) is 46.0 Å². The second kappa shape index (κ2) is 11.2. The molecule has 0 aromatic heterocycles. The van der Waals surface area contributed by atoms with Gasteiger partial charge in [0, 0.05) is 7.11 Å². The van der Waals surface area contributed by atoms with E-state index < -0.39 is 7.82 Å². The van der Waals surface area contributed by atoms with Gasteiger partial charge in [-0.15, -0.1) is 0 Å². The van der Waals surface area contributed by atoms with Crippen LogP contribution in [0.3, 0.4) is 0 Å². The van der Waals surface area contributed by atoms with Gasteiger partial charge in [-0.25, -0.2) is 4.57 Å². The van der Waals surface area contributed by atoms with Gasteiger partial charge in [0.15, 0.2) is 0 Å². The highest BCUT2D eigenvalue weighted by atomic mass is 31.2. The Bertz CT molecular complexity index is 209. The van der Waals surface area contributed by atoms with E-state index in [0.717, 1.165) is 32.1 Å². The number of hydrogen-bond acceptors (Lipinski definition) is 4. The van der Waals surface area contributed by atoms with Gasteiger partial charge in [0.05, 0.1) is 13.2 Å². The van der Waals surface area contributed by atoms with Crippen molar-refractivity contribution in [1.82, 2.24) is 0 Å². The summed E-state index contributed by atoms with van der Waals surface area (Å²) in [6, 6.07) is 0. The van der Waals surface area contributed by atoms with E-state index in [9.17, 15) is 4.57 Å². The summed E-state index contributed by atoms with van der Waals surface area (Å²) in [5.41, 5.74) is 0. The van der Waals surface area contributed by atoms with Crippen LogP contribution >= 0.6 is 7.82 Å². The van der Waals surface area contributed by atoms with E-state index in [1.165, 1.54) is 20.0 Å². The maximum absolute atomic E-state index is 11.9. The van der Waals surface area contributed by atoms with E-state index in [1.807, 2.05) is 0 Å². The molecule has 5 heteroatoms. The molecule has 0 aliphatic heterocycles. The lowest BCUT2D eigenvalue weighted by Crippen LogP contribution is -2.01. The molecule has 17 heavy (non-hydrogen) atoms. The molecule has 104 valence electrons. The van der Waals surface area contributed by atoms with Gasteiger partial charge in [0.25, 0.3) is 0 Å². The Morgan fingerprint density at radius 2 is 1.29 bits per heavy atom. The highest BCUT2D eigenvalue weighted by molar-refractivity contribution is 7.48. The van der Waals surface area contributed by atoms with E-state index in [1.54, 1.807) is 0 Å². The quantitative estimate of drug-likeness (QED) is 0.384. The van der Waals surface area contributed by atoms with Crippen LogP contribution in [0.1, 0.15) is 58.8 Å². The number of rotatable bonds is 12. The van der Waals surface area contributed by atoms with Crippen molar-refractivity contribution in [1.29, 1.82) is 0 Å². The molecule has 0 aromatic carbocycles. The van der Waals surface area contributed by atoms with Gasteiger partial charge in [-0.05, 0) is 12.8 Å².